The minimum absolute atomic E-state index is 0.0499. The second kappa shape index (κ2) is 4.83. The van der Waals surface area contributed by atoms with Crippen LogP contribution in [0.2, 0.25) is 0 Å². The minimum atomic E-state index is -0.498. The van der Waals surface area contributed by atoms with E-state index in [1.54, 1.807) is 12.3 Å². The molecule has 0 atom stereocenters. The van der Waals surface area contributed by atoms with Crippen LogP contribution in [0, 0.1) is 5.82 Å². The van der Waals surface area contributed by atoms with E-state index >= 15 is 0 Å². The first kappa shape index (κ1) is 12.0. The number of hydrogen-bond donors (Lipinski definition) is 1. The smallest absolute Gasteiger partial charge is 0.220 e. The Morgan fingerprint density at radius 2 is 2.22 bits per heavy atom. The molecule has 0 aliphatic carbocycles. The largest absolute Gasteiger partial charge is 0.368 e. The first-order valence-electron chi connectivity index (χ1n) is 5.35. The van der Waals surface area contributed by atoms with E-state index in [0.717, 1.165) is 11.9 Å². The fourth-order valence-electron chi connectivity index (χ4n) is 1.56. The van der Waals surface area contributed by atoms with Crippen LogP contribution < -0.4 is 10.6 Å². The van der Waals surface area contributed by atoms with E-state index in [1.807, 2.05) is 30.1 Å². The van der Waals surface area contributed by atoms with Crippen LogP contribution in [0.5, 0.6) is 0 Å². The van der Waals surface area contributed by atoms with E-state index in [4.69, 9.17) is 5.73 Å². The van der Waals surface area contributed by atoms with Crippen molar-refractivity contribution in [2.45, 2.75) is 0 Å². The summed E-state index contributed by atoms with van der Waals surface area (Å²) in [7, 11) is 1.86. The van der Waals surface area contributed by atoms with Crippen molar-refractivity contribution in [2.75, 3.05) is 17.7 Å². The Morgan fingerprint density at radius 1 is 1.44 bits per heavy atom. The Balaban J connectivity index is 2.50. The van der Waals surface area contributed by atoms with Gasteiger partial charge in [-0.05, 0) is 18.3 Å². The number of aromatic nitrogens is 2. The highest BCUT2D eigenvalue weighted by molar-refractivity contribution is 5.66. The van der Waals surface area contributed by atoms with Crippen LogP contribution in [0.15, 0.2) is 43.2 Å². The highest BCUT2D eigenvalue weighted by Gasteiger charge is 2.09. The van der Waals surface area contributed by atoms with E-state index in [9.17, 15) is 4.39 Å². The van der Waals surface area contributed by atoms with E-state index in [1.165, 1.54) is 0 Å². The number of anilines is 2. The van der Waals surface area contributed by atoms with E-state index in [-0.39, 0.29) is 11.6 Å². The molecule has 1 aromatic carbocycles. The maximum absolute atomic E-state index is 13.7. The summed E-state index contributed by atoms with van der Waals surface area (Å²) in [6.07, 6.45) is 2.74. The Hall–Kier alpha value is -2.43. The molecule has 0 fully saturated rings. The van der Waals surface area contributed by atoms with E-state index in [2.05, 4.69) is 16.5 Å². The van der Waals surface area contributed by atoms with Crippen LogP contribution in [0.3, 0.4) is 0 Å². The topological polar surface area (TPSA) is 55.0 Å². The molecular formula is C13H13FN4. The molecule has 18 heavy (non-hydrogen) atoms. The van der Waals surface area contributed by atoms with Crippen molar-refractivity contribution < 1.29 is 4.39 Å². The molecule has 2 N–H and O–H groups in total. The van der Waals surface area contributed by atoms with Crippen LogP contribution in [0.25, 0.3) is 11.3 Å². The molecule has 0 bridgehead atoms. The van der Waals surface area contributed by atoms with Gasteiger partial charge in [0.1, 0.15) is 5.69 Å². The molecule has 2 aromatic rings. The summed E-state index contributed by atoms with van der Waals surface area (Å²) in [4.78, 5) is 9.35. The molecule has 0 aliphatic heterocycles. The third-order valence-corrected chi connectivity index (χ3v) is 2.56. The Kier molecular flexibility index (Phi) is 3.23. The van der Waals surface area contributed by atoms with Crippen molar-refractivity contribution in [3.63, 3.8) is 0 Å². The zero-order chi connectivity index (χ0) is 13.1. The summed E-state index contributed by atoms with van der Waals surface area (Å²) in [6, 6.07) is 7.30. The predicted molar refractivity (Wildman–Crippen MR) is 70.4 cm³/mol. The van der Waals surface area contributed by atoms with Crippen molar-refractivity contribution in [3.05, 3.63) is 49.1 Å². The van der Waals surface area contributed by atoms with Gasteiger partial charge >= 0.3 is 0 Å². The molecule has 1 heterocycles. The highest BCUT2D eigenvalue weighted by Crippen LogP contribution is 2.25. The first-order valence-corrected chi connectivity index (χ1v) is 5.35. The van der Waals surface area contributed by atoms with Crippen molar-refractivity contribution in [1.82, 2.24) is 9.97 Å². The van der Waals surface area contributed by atoms with Crippen molar-refractivity contribution in [1.29, 1.82) is 0 Å². The van der Waals surface area contributed by atoms with Gasteiger partial charge in [0.25, 0.3) is 0 Å². The van der Waals surface area contributed by atoms with Crippen molar-refractivity contribution in [2.24, 2.45) is 0 Å². The van der Waals surface area contributed by atoms with Gasteiger partial charge < -0.3 is 10.6 Å². The quantitative estimate of drug-likeness (QED) is 0.901. The number of nitrogens with zero attached hydrogens (tertiary/aromatic N) is 3. The molecule has 4 nitrogen and oxygen atoms in total. The van der Waals surface area contributed by atoms with E-state index < -0.39 is 5.82 Å². The zero-order valence-electron chi connectivity index (χ0n) is 9.97. The van der Waals surface area contributed by atoms with Gasteiger partial charge in [0.2, 0.25) is 5.95 Å². The lowest BCUT2D eigenvalue weighted by Gasteiger charge is -2.14. The number of halogens is 1. The molecule has 0 radical (unpaired) electrons. The first-order chi connectivity index (χ1) is 8.61. The molecular weight excluding hydrogens is 231 g/mol. The van der Waals surface area contributed by atoms with Crippen molar-refractivity contribution >= 4 is 11.6 Å². The highest BCUT2D eigenvalue weighted by atomic mass is 19.1. The summed E-state index contributed by atoms with van der Waals surface area (Å²) >= 11 is 0. The monoisotopic (exact) mass is 244 g/mol. The maximum atomic E-state index is 13.7. The van der Waals surface area contributed by atoms with Gasteiger partial charge in [0.15, 0.2) is 5.82 Å². The van der Waals surface area contributed by atoms with Gasteiger partial charge in [-0.25, -0.2) is 14.4 Å². The van der Waals surface area contributed by atoms with Gasteiger partial charge in [-0.15, -0.1) is 0 Å². The SMILES string of the molecule is C=CN(C)c1cccc(-c2nc(N)ncc2F)c1. The molecule has 0 spiro atoms. The minimum Gasteiger partial charge on any atom is -0.368 e. The molecule has 2 rings (SSSR count). The van der Waals surface area contributed by atoms with Crippen LogP contribution in [0.1, 0.15) is 0 Å². The molecule has 0 unspecified atom stereocenters. The zero-order valence-corrected chi connectivity index (χ0v) is 9.97. The van der Waals surface area contributed by atoms with Crippen LogP contribution in [-0.2, 0) is 0 Å². The summed E-state index contributed by atoms with van der Waals surface area (Å²) in [5.74, 6) is -0.448. The van der Waals surface area contributed by atoms with Gasteiger partial charge in [0, 0.05) is 18.3 Å². The summed E-state index contributed by atoms with van der Waals surface area (Å²) < 4.78 is 13.7. The number of benzene rings is 1. The van der Waals surface area contributed by atoms with Gasteiger partial charge in [-0.3, -0.25) is 0 Å². The van der Waals surface area contributed by atoms with Gasteiger partial charge in [-0.1, -0.05) is 18.7 Å². The predicted octanol–water partition coefficient (Wildman–Crippen LogP) is 2.44. The van der Waals surface area contributed by atoms with Crippen LogP contribution in [0.4, 0.5) is 16.0 Å². The molecule has 0 saturated heterocycles. The number of nitrogens with two attached hydrogens (primary N) is 1. The molecule has 0 aliphatic rings. The normalized spacial score (nSPS) is 10.1. The Labute approximate surface area is 105 Å². The lowest BCUT2D eigenvalue weighted by atomic mass is 10.1. The fraction of sp³-hybridized carbons (Fsp3) is 0.0769. The van der Waals surface area contributed by atoms with Crippen LogP contribution in [-0.4, -0.2) is 17.0 Å². The average molecular weight is 244 g/mol. The summed E-state index contributed by atoms with van der Waals surface area (Å²) in [6.45, 7) is 3.68. The molecule has 1 aromatic heterocycles. The summed E-state index contributed by atoms with van der Waals surface area (Å²) in [5, 5.41) is 0. The molecule has 0 saturated carbocycles. The third-order valence-electron chi connectivity index (χ3n) is 2.56. The number of hydrogen-bond acceptors (Lipinski definition) is 4. The Morgan fingerprint density at radius 3 is 2.94 bits per heavy atom. The van der Waals surface area contributed by atoms with Gasteiger partial charge in [0.05, 0.1) is 6.20 Å². The van der Waals surface area contributed by atoms with Gasteiger partial charge in [-0.2, -0.15) is 0 Å². The number of rotatable bonds is 3. The van der Waals surface area contributed by atoms with E-state index in [0.29, 0.717) is 5.56 Å². The fourth-order valence-corrected chi connectivity index (χ4v) is 1.56. The van der Waals surface area contributed by atoms with Crippen LogP contribution >= 0.6 is 0 Å². The average Bonchev–Trinajstić information content (AvgIpc) is 2.40. The molecule has 0 amide bonds. The Bertz CT molecular complexity index is 583. The molecule has 5 heteroatoms. The standard InChI is InChI=1S/C13H13FN4/c1-3-18(2)10-6-4-5-9(7-10)12-11(14)8-16-13(15)17-12/h3-8H,1H2,2H3,(H2,15,16,17). The second-order valence-corrected chi connectivity index (χ2v) is 3.77. The maximum Gasteiger partial charge on any atom is 0.220 e. The summed E-state index contributed by atoms with van der Waals surface area (Å²) in [5.41, 5.74) is 7.20. The van der Waals surface area contributed by atoms with Crippen molar-refractivity contribution in [3.8, 4) is 11.3 Å². The second-order valence-electron chi connectivity index (χ2n) is 3.77. The third kappa shape index (κ3) is 2.29. The lowest BCUT2D eigenvalue weighted by molar-refractivity contribution is 0.619. The number of nitrogen functional groups attached to an aromatic ring is 1. The molecule has 92 valence electrons. The lowest BCUT2D eigenvalue weighted by Crippen LogP contribution is -2.07.